The van der Waals surface area contributed by atoms with Crippen molar-refractivity contribution in [3.8, 4) is 0 Å². The lowest BCUT2D eigenvalue weighted by Gasteiger charge is -2.22. The van der Waals surface area contributed by atoms with Crippen LogP contribution in [-0.4, -0.2) is 18.0 Å². The summed E-state index contributed by atoms with van der Waals surface area (Å²) in [5.41, 5.74) is 0. The monoisotopic (exact) mass is 197 g/mol. The summed E-state index contributed by atoms with van der Waals surface area (Å²) in [6.45, 7) is 1.86. The lowest BCUT2D eigenvalue weighted by molar-refractivity contribution is -0.297. The molecule has 0 saturated carbocycles. The van der Waals surface area contributed by atoms with Crippen LogP contribution in [0.2, 0.25) is 0 Å². The van der Waals surface area contributed by atoms with E-state index in [4.69, 9.17) is 0 Å². The minimum atomic E-state index is -5.95. The van der Waals surface area contributed by atoms with Gasteiger partial charge in [0.15, 0.2) is 0 Å². The second-order valence-electron chi connectivity index (χ2n) is 2.23. The Morgan fingerprint density at radius 2 is 1.17 bits per heavy atom. The van der Waals surface area contributed by atoms with Crippen LogP contribution in [0, 0.1) is 6.92 Å². The van der Waals surface area contributed by atoms with Crippen molar-refractivity contribution in [3.05, 3.63) is 6.92 Å². The average molecular weight is 197 g/mol. The predicted molar refractivity (Wildman–Crippen MR) is 25.9 cm³/mol. The second kappa shape index (κ2) is 2.77. The Hall–Kier alpha value is -0.490. The van der Waals surface area contributed by atoms with E-state index in [0.717, 1.165) is 0 Å². The van der Waals surface area contributed by atoms with Gasteiger partial charge in [0, 0.05) is 6.92 Å². The molecule has 0 aliphatic heterocycles. The van der Waals surface area contributed by atoms with Gasteiger partial charge in [-0.3, -0.25) is 0 Å². The molecule has 0 spiro atoms. The van der Waals surface area contributed by atoms with E-state index >= 15 is 0 Å². The fourth-order valence-electron chi connectivity index (χ4n) is 0.425. The SMILES string of the molecule is [CH2]C(F)(F)CC(F)(F)C(F)(F)F. The Kier molecular flexibility index (Phi) is 2.66. The van der Waals surface area contributed by atoms with Gasteiger partial charge in [-0.05, 0) is 0 Å². The lowest BCUT2D eigenvalue weighted by atomic mass is 10.1. The molecule has 0 heterocycles. The van der Waals surface area contributed by atoms with Crippen LogP contribution in [0.15, 0.2) is 0 Å². The molecule has 0 aromatic rings. The predicted octanol–water partition coefficient (Wildman–Crippen LogP) is 3.04. The number of rotatable bonds is 2. The second-order valence-corrected chi connectivity index (χ2v) is 2.23. The van der Waals surface area contributed by atoms with Crippen molar-refractivity contribution in [1.82, 2.24) is 0 Å². The Balaban J connectivity index is 4.44. The molecule has 0 unspecified atom stereocenters. The van der Waals surface area contributed by atoms with E-state index in [1.54, 1.807) is 0 Å². The zero-order valence-electron chi connectivity index (χ0n) is 5.56. The molecule has 7 heteroatoms. The molecule has 0 amide bonds. The molecule has 0 aliphatic carbocycles. The molecule has 0 nitrogen and oxygen atoms in total. The van der Waals surface area contributed by atoms with Gasteiger partial charge in [-0.2, -0.15) is 22.0 Å². The van der Waals surface area contributed by atoms with Crippen molar-refractivity contribution in [1.29, 1.82) is 0 Å². The minimum Gasteiger partial charge on any atom is -0.207 e. The first-order valence-corrected chi connectivity index (χ1v) is 2.63. The van der Waals surface area contributed by atoms with Gasteiger partial charge in [-0.1, -0.05) is 0 Å². The van der Waals surface area contributed by atoms with E-state index in [2.05, 4.69) is 0 Å². The molecule has 0 rings (SSSR count). The summed E-state index contributed by atoms with van der Waals surface area (Å²) in [7, 11) is 0. The maximum absolute atomic E-state index is 11.8. The molecule has 0 bridgehead atoms. The van der Waals surface area contributed by atoms with Crippen LogP contribution in [0.1, 0.15) is 6.42 Å². The third-order valence-electron chi connectivity index (χ3n) is 0.895. The van der Waals surface area contributed by atoms with Crippen LogP contribution >= 0.6 is 0 Å². The highest BCUT2D eigenvalue weighted by atomic mass is 19.4. The standard InChI is InChI=1S/C5H4F7/c1-3(6,7)2-4(8,9)5(10,11)12/h1-2H2. The van der Waals surface area contributed by atoms with Gasteiger partial charge >= 0.3 is 12.1 Å². The first kappa shape index (κ1) is 11.5. The van der Waals surface area contributed by atoms with Crippen LogP contribution in [0.4, 0.5) is 30.7 Å². The molecule has 1 radical (unpaired) electrons. The molecule has 0 fully saturated rings. The average Bonchev–Trinajstić information content (AvgIpc) is 1.52. The molecule has 0 aliphatic rings. The summed E-state index contributed by atoms with van der Waals surface area (Å²) < 4.78 is 80.6. The summed E-state index contributed by atoms with van der Waals surface area (Å²) in [4.78, 5) is 0. The topological polar surface area (TPSA) is 0 Å². The van der Waals surface area contributed by atoms with Gasteiger partial charge < -0.3 is 0 Å². The maximum atomic E-state index is 11.8. The summed E-state index contributed by atoms with van der Waals surface area (Å²) in [5.74, 6) is -9.67. The van der Waals surface area contributed by atoms with Crippen molar-refractivity contribution in [2.45, 2.75) is 24.4 Å². The van der Waals surface area contributed by atoms with Gasteiger partial charge in [0.2, 0.25) is 0 Å². The van der Waals surface area contributed by atoms with E-state index in [1.807, 2.05) is 6.92 Å². The number of hydrogen-bond donors (Lipinski definition) is 0. The number of hydrogen-bond acceptors (Lipinski definition) is 0. The first-order valence-electron chi connectivity index (χ1n) is 2.63. The number of alkyl halides is 7. The first-order chi connectivity index (χ1) is 4.96. The molecular weight excluding hydrogens is 193 g/mol. The highest BCUT2D eigenvalue weighted by Gasteiger charge is 2.60. The van der Waals surface area contributed by atoms with Crippen LogP contribution in [0.25, 0.3) is 0 Å². The summed E-state index contributed by atoms with van der Waals surface area (Å²) >= 11 is 0. The highest BCUT2D eigenvalue weighted by molar-refractivity contribution is 4.84. The summed E-state index contributed by atoms with van der Waals surface area (Å²) in [6, 6.07) is 0. The van der Waals surface area contributed by atoms with E-state index in [0.29, 0.717) is 0 Å². The zero-order valence-corrected chi connectivity index (χ0v) is 5.56. The Morgan fingerprint density at radius 3 is 1.25 bits per heavy atom. The van der Waals surface area contributed by atoms with E-state index < -0.39 is 24.4 Å². The van der Waals surface area contributed by atoms with Gasteiger partial charge in [0.1, 0.15) is 0 Å². The summed E-state index contributed by atoms with van der Waals surface area (Å²) in [6.07, 6.45) is -8.57. The van der Waals surface area contributed by atoms with Crippen molar-refractivity contribution in [2.24, 2.45) is 0 Å². The van der Waals surface area contributed by atoms with Crippen molar-refractivity contribution >= 4 is 0 Å². The molecule has 0 atom stereocenters. The number of halogens is 7. The summed E-state index contributed by atoms with van der Waals surface area (Å²) in [5, 5.41) is 0. The van der Waals surface area contributed by atoms with Crippen molar-refractivity contribution in [2.75, 3.05) is 0 Å². The smallest absolute Gasteiger partial charge is 0.207 e. The fraction of sp³-hybridized carbons (Fsp3) is 0.800. The largest absolute Gasteiger partial charge is 0.453 e. The molecule has 0 aromatic carbocycles. The van der Waals surface area contributed by atoms with E-state index in [-0.39, 0.29) is 0 Å². The van der Waals surface area contributed by atoms with E-state index in [9.17, 15) is 30.7 Å². The minimum absolute atomic E-state index is 1.86. The Labute approximate surface area is 63.4 Å². The maximum Gasteiger partial charge on any atom is 0.453 e. The molecule has 0 N–H and O–H groups in total. The molecule has 0 saturated heterocycles. The van der Waals surface area contributed by atoms with Gasteiger partial charge in [0.25, 0.3) is 5.92 Å². The van der Waals surface area contributed by atoms with Crippen LogP contribution in [0.3, 0.4) is 0 Å². The zero-order chi connectivity index (χ0) is 10.2. The molecule has 12 heavy (non-hydrogen) atoms. The molecule has 0 aromatic heterocycles. The normalized spacial score (nSPS) is 15.0. The van der Waals surface area contributed by atoms with E-state index in [1.165, 1.54) is 0 Å². The highest BCUT2D eigenvalue weighted by Crippen LogP contribution is 2.42. The van der Waals surface area contributed by atoms with Crippen LogP contribution < -0.4 is 0 Å². The van der Waals surface area contributed by atoms with Crippen LogP contribution in [-0.2, 0) is 0 Å². The molecule has 73 valence electrons. The van der Waals surface area contributed by atoms with Crippen LogP contribution in [0.5, 0.6) is 0 Å². The third-order valence-corrected chi connectivity index (χ3v) is 0.895. The van der Waals surface area contributed by atoms with Gasteiger partial charge in [0.05, 0.1) is 6.42 Å². The Morgan fingerprint density at radius 1 is 0.833 bits per heavy atom. The van der Waals surface area contributed by atoms with Crippen molar-refractivity contribution < 1.29 is 30.7 Å². The lowest BCUT2D eigenvalue weighted by Crippen LogP contribution is -2.40. The van der Waals surface area contributed by atoms with Gasteiger partial charge in [-0.15, -0.1) is 0 Å². The van der Waals surface area contributed by atoms with Gasteiger partial charge in [-0.25, -0.2) is 8.78 Å². The fourth-order valence-corrected chi connectivity index (χ4v) is 0.425. The molecular formula is C5H4F7. The Bertz CT molecular complexity index is 150. The quantitative estimate of drug-likeness (QED) is 0.597. The van der Waals surface area contributed by atoms with Crippen molar-refractivity contribution in [3.63, 3.8) is 0 Å². The third kappa shape index (κ3) is 3.27.